The topological polar surface area (TPSA) is 90.7 Å². The van der Waals surface area contributed by atoms with E-state index < -0.39 is 5.60 Å². The maximum Gasteiger partial charge on any atom is 0.282 e. The van der Waals surface area contributed by atoms with Crippen LogP contribution in [0, 0.1) is 23.1 Å². The lowest BCUT2D eigenvalue weighted by atomic mass is 9.68. The van der Waals surface area contributed by atoms with Gasteiger partial charge in [-0.1, -0.05) is 13.8 Å². The van der Waals surface area contributed by atoms with E-state index in [1.807, 2.05) is 19.2 Å². The van der Waals surface area contributed by atoms with Gasteiger partial charge in [0.25, 0.3) is 5.88 Å². The average molecular weight is 628 g/mol. The molecule has 3 aliphatic heterocycles. The number of aliphatic hydroxyl groups is 1. The van der Waals surface area contributed by atoms with E-state index in [4.69, 9.17) is 4.74 Å². The molecule has 9 nitrogen and oxygen atoms in total. The van der Waals surface area contributed by atoms with Crippen molar-refractivity contribution in [1.29, 1.82) is 0 Å². The number of hydrogen-bond donors (Lipinski definition) is 1. The molecule has 10 heteroatoms. The van der Waals surface area contributed by atoms with Crippen LogP contribution in [0.3, 0.4) is 0 Å². The summed E-state index contributed by atoms with van der Waals surface area (Å²) in [5, 5.41) is 18.9. The van der Waals surface area contributed by atoms with Crippen molar-refractivity contribution in [3.8, 4) is 22.8 Å². The summed E-state index contributed by atoms with van der Waals surface area (Å²) >= 11 is 0. The van der Waals surface area contributed by atoms with Crippen molar-refractivity contribution < 1.29 is 14.2 Å². The minimum absolute atomic E-state index is 0.238. The predicted molar refractivity (Wildman–Crippen MR) is 174 cm³/mol. The first kappa shape index (κ1) is 30.1. The first-order valence-electron chi connectivity index (χ1n) is 17.2. The molecule has 1 unspecified atom stereocenters. The third-order valence-corrected chi connectivity index (χ3v) is 11.4. The van der Waals surface area contributed by atoms with Crippen LogP contribution in [0.1, 0.15) is 70.8 Å². The number of ether oxygens (including phenoxy) is 1. The Kier molecular flexibility index (Phi) is 7.53. The molecule has 1 aromatic carbocycles. The van der Waals surface area contributed by atoms with Crippen molar-refractivity contribution in [2.45, 2.75) is 82.9 Å². The van der Waals surface area contributed by atoms with Crippen LogP contribution in [0.25, 0.3) is 11.1 Å². The van der Waals surface area contributed by atoms with E-state index in [1.165, 1.54) is 36.9 Å². The number of aromatic nitrogens is 4. The van der Waals surface area contributed by atoms with Crippen molar-refractivity contribution in [2.24, 2.45) is 17.3 Å². The van der Waals surface area contributed by atoms with E-state index >= 15 is 0 Å². The van der Waals surface area contributed by atoms with Gasteiger partial charge in [-0.25, -0.2) is 9.37 Å². The molecule has 5 heterocycles. The van der Waals surface area contributed by atoms with E-state index in [0.29, 0.717) is 46.9 Å². The molecule has 2 atom stereocenters. The first-order chi connectivity index (χ1) is 22.2. The second-order valence-corrected chi connectivity index (χ2v) is 15.5. The van der Waals surface area contributed by atoms with Crippen molar-refractivity contribution in [1.82, 2.24) is 30.0 Å². The molecule has 3 saturated heterocycles. The second kappa shape index (κ2) is 11.5. The van der Waals surface area contributed by atoms with Crippen molar-refractivity contribution in [2.75, 3.05) is 44.2 Å². The molecule has 2 aliphatic carbocycles. The Morgan fingerprint density at radius 3 is 2.59 bits per heavy atom. The SMILES string of the molecule is CC(C)C(C1CC(N2CC[C@@](C)(O)C2)C1)N1CC2(CCN(c3ncnnc3Oc3ccc(F)cc3-c3cnccc3C3CC3)C2)C1. The lowest BCUT2D eigenvalue weighted by Crippen LogP contribution is -2.65. The van der Waals surface area contributed by atoms with Gasteiger partial charge in [0.2, 0.25) is 0 Å². The number of likely N-dealkylation sites (tertiary alicyclic amines) is 2. The Bertz CT molecular complexity index is 1580. The molecule has 5 aliphatic rings. The van der Waals surface area contributed by atoms with Crippen molar-refractivity contribution in [3.63, 3.8) is 0 Å². The highest BCUT2D eigenvalue weighted by Gasteiger charge is 2.53. The number of anilines is 1. The summed E-state index contributed by atoms with van der Waals surface area (Å²) in [5.41, 5.74) is 2.47. The zero-order chi connectivity index (χ0) is 31.6. The van der Waals surface area contributed by atoms with Crippen LogP contribution in [0.15, 0.2) is 43.0 Å². The van der Waals surface area contributed by atoms with Gasteiger partial charge < -0.3 is 14.7 Å². The summed E-state index contributed by atoms with van der Waals surface area (Å²) in [6.45, 7) is 12.6. The summed E-state index contributed by atoms with van der Waals surface area (Å²) in [7, 11) is 0. The molecule has 2 saturated carbocycles. The van der Waals surface area contributed by atoms with Crippen LogP contribution < -0.4 is 9.64 Å². The normalized spacial score (nSPS) is 28.4. The molecule has 0 radical (unpaired) electrons. The van der Waals surface area contributed by atoms with Crippen LogP contribution >= 0.6 is 0 Å². The van der Waals surface area contributed by atoms with Crippen molar-refractivity contribution >= 4 is 5.82 Å². The lowest BCUT2D eigenvalue weighted by molar-refractivity contribution is -0.0799. The van der Waals surface area contributed by atoms with E-state index in [0.717, 1.165) is 76.4 Å². The zero-order valence-electron chi connectivity index (χ0n) is 27.3. The Labute approximate surface area is 271 Å². The summed E-state index contributed by atoms with van der Waals surface area (Å²) < 4.78 is 21.0. The second-order valence-electron chi connectivity index (χ2n) is 15.5. The van der Waals surface area contributed by atoms with Crippen LogP contribution in [0.2, 0.25) is 0 Å². The predicted octanol–water partition coefficient (Wildman–Crippen LogP) is 5.51. The fourth-order valence-corrected chi connectivity index (χ4v) is 8.99. The summed E-state index contributed by atoms with van der Waals surface area (Å²) in [6, 6.07) is 7.89. The minimum atomic E-state index is -0.523. The largest absolute Gasteiger partial charge is 0.434 e. The summed E-state index contributed by atoms with van der Waals surface area (Å²) in [6.07, 6.45) is 11.9. The number of benzene rings is 1. The maximum absolute atomic E-state index is 14.6. The van der Waals surface area contributed by atoms with Gasteiger partial charge in [0, 0.05) is 80.3 Å². The minimum Gasteiger partial charge on any atom is -0.434 e. The van der Waals surface area contributed by atoms with Crippen LogP contribution in [0.4, 0.5) is 10.2 Å². The van der Waals surface area contributed by atoms with E-state index in [2.05, 4.69) is 48.7 Å². The summed E-state index contributed by atoms with van der Waals surface area (Å²) in [5.74, 6) is 3.07. The van der Waals surface area contributed by atoms with Gasteiger partial charge in [0.05, 0.1) is 5.60 Å². The fraction of sp³-hybridized carbons (Fsp3) is 0.611. The van der Waals surface area contributed by atoms with Crippen LogP contribution in [-0.2, 0) is 0 Å². The molecule has 0 bridgehead atoms. The average Bonchev–Trinajstić information content (AvgIpc) is 3.65. The highest BCUT2D eigenvalue weighted by molar-refractivity contribution is 5.74. The Hall–Kier alpha value is -3.21. The number of halogens is 1. The fourth-order valence-electron chi connectivity index (χ4n) is 8.99. The first-order valence-corrected chi connectivity index (χ1v) is 17.2. The van der Waals surface area contributed by atoms with E-state index in [9.17, 15) is 9.50 Å². The quantitative estimate of drug-likeness (QED) is 0.330. The van der Waals surface area contributed by atoms with Gasteiger partial charge in [-0.3, -0.25) is 14.8 Å². The Morgan fingerprint density at radius 1 is 1.02 bits per heavy atom. The number of hydrogen-bond acceptors (Lipinski definition) is 9. The number of nitrogens with zero attached hydrogens (tertiary/aromatic N) is 7. The number of rotatable bonds is 9. The Morgan fingerprint density at radius 2 is 1.85 bits per heavy atom. The molecule has 1 N–H and O–H groups in total. The molecule has 1 spiro atoms. The maximum atomic E-state index is 14.6. The standard InChI is InChI=1S/C36H46FN7O2/c1-23(2)32(25-14-27(15-25)42-12-9-35(3,45)18-42)44-20-36(21-44)10-13-43(19-36)33-34(41-40-22-39-33)46-31-7-6-26(37)16-29(31)30-17-38-11-8-28(30)24-4-5-24/h6-8,11,16-17,22-25,27,32,45H,4-5,9-10,12-15,18-21H2,1-3H3/t25?,27?,32?,35-/m1/s1. The van der Waals surface area contributed by atoms with Gasteiger partial charge in [-0.2, -0.15) is 0 Å². The molecule has 2 aromatic heterocycles. The molecule has 0 amide bonds. The molecule has 244 valence electrons. The highest BCUT2D eigenvalue weighted by Crippen LogP contribution is 2.49. The zero-order valence-corrected chi connectivity index (χ0v) is 27.3. The van der Waals surface area contributed by atoms with Gasteiger partial charge in [-0.05, 0) is 93.0 Å². The van der Waals surface area contributed by atoms with Gasteiger partial charge in [-0.15, -0.1) is 10.2 Å². The van der Waals surface area contributed by atoms with Gasteiger partial charge >= 0.3 is 0 Å². The number of β-amino-alcohol motifs (C(OH)–C–C–N with tert-alkyl or cyclic N) is 1. The molecular weight excluding hydrogens is 581 g/mol. The van der Waals surface area contributed by atoms with Crippen LogP contribution in [0.5, 0.6) is 11.6 Å². The molecule has 46 heavy (non-hydrogen) atoms. The third-order valence-electron chi connectivity index (χ3n) is 11.4. The van der Waals surface area contributed by atoms with Gasteiger partial charge in [0.1, 0.15) is 17.9 Å². The monoisotopic (exact) mass is 627 g/mol. The summed E-state index contributed by atoms with van der Waals surface area (Å²) in [4.78, 5) is 16.6. The van der Waals surface area contributed by atoms with E-state index in [-0.39, 0.29) is 11.2 Å². The molecule has 3 aromatic rings. The van der Waals surface area contributed by atoms with E-state index in [1.54, 1.807) is 12.3 Å². The highest BCUT2D eigenvalue weighted by atomic mass is 19.1. The van der Waals surface area contributed by atoms with Gasteiger partial charge in [0.15, 0.2) is 5.82 Å². The molecule has 8 rings (SSSR count). The molecule has 5 fully saturated rings. The Balaban J connectivity index is 0.948. The smallest absolute Gasteiger partial charge is 0.282 e. The van der Waals surface area contributed by atoms with Crippen LogP contribution in [-0.4, -0.2) is 92.0 Å². The lowest BCUT2D eigenvalue weighted by Gasteiger charge is -2.57. The molecular formula is C36H46FN7O2. The number of pyridine rings is 1. The van der Waals surface area contributed by atoms with Crippen molar-refractivity contribution in [3.05, 3.63) is 54.4 Å². The third kappa shape index (κ3) is 5.66.